The van der Waals surface area contributed by atoms with Gasteiger partial charge in [0.25, 0.3) is 0 Å². The lowest BCUT2D eigenvalue weighted by Gasteiger charge is -2.13. The van der Waals surface area contributed by atoms with Crippen LogP contribution in [0.15, 0.2) is 36.4 Å². The van der Waals surface area contributed by atoms with Crippen molar-refractivity contribution in [2.75, 3.05) is 31.4 Å². The molecule has 31 heavy (non-hydrogen) atoms. The summed E-state index contributed by atoms with van der Waals surface area (Å²) >= 11 is 0. The molecule has 0 saturated carbocycles. The Labute approximate surface area is 182 Å². The van der Waals surface area contributed by atoms with Crippen molar-refractivity contribution < 1.29 is 36.7 Å². The van der Waals surface area contributed by atoms with Gasteiger partial charge < -0.3 is 24.3 Å². The number of halogens is 2. The third-order valence-corrected chi connectivity index (χ3v) is 5.13. The van der Waals surface area contributed by atoms with Crippen molar-refractivity contribution in [3.8, 4) is 23.0 Å². The van der Waals surface area contributed by atoms with Gasteiger partial charge in [0.05, 0.1) is 20.3 Å². The maximum absolute atomic E-state index is 12.4. The number of carbonyl (C=O) groups excluding carboxylic acids is 1. The monoisotopic (exact) mass is 457 g/mol. The molecule has 0 heterocycles. The zero-order chi connectivity index (χ0) is 22.8. The first kappa shape index (κ1) is 24.4. The van der Waals surface area contributed by atoms with Gasteiger partial charge in [-0.25, -0.2) is 0 Å². The normalized spacial score (nSPS) is 11.7. The first-order chi connectivity index (χ1) is 14.9. The highest BCUT2D eigenvalue weighted by Gasteiger charge is 2.15. The third kappa shape index (κ3) is 7.71. The fourth-order valence-corrected chi connectivity index (χ4v) is 3.72. The Morgan fingerprint density at radius 1 is 1.00 bits per heavy atom. The summed E-state index contributed by atoms with van der Waals surface area (Å²) in [6, 6.07) is 9.26. The molecule has 1 atom stereocenters. The van der Waals surface area contributed by atoms with Crippen LogP contribution in [0.1, 0.15) is 19.4 Å². The van der Waals surface area contributed by atoms with E-state index < -0.39 is 23.3 Å². The highest BCUT2D eigenvalue weighted by molar-refractivity contribution is 7.84. The molecule has 170 valence electrons. The van der Waals surface area contributed by atoms with Gasteiger partial charge in [0.15, 0.2) is 23.0 Å². The van der Waals surface area contributed by atoms with Gasteiger partial charge in [-0.05, 0) is 43.7 Å². The number of hydrogen-bond donors (Lipinski definition) is 1. The van der Waals surface area contributed by atoms with E-state index in [4.69, 9.17) is 14.2 Å². The minimum absolute atomic E-state index is 0.0478. The van der Waals surface area contributed by atoms with Crippen LogP contribution in [0.25, 0.3) is 0 Å². The predicted molar refractivity (Wildman–Crippen MR) is 114 cm³/mol. The van der Waals surface area contributed by atoms with Gasteiger partial charge in [0.1, 0.15) is 5.75 Å². The van der Waals surface area contributed by atoms with Crippen molar-refractivity contribution in [1.29, 1.82) is 0 Å². The maximum atomic E-state index is 12.4. The van der Waals surface area contributed by atoms with E-state index in [0.717, 1.165) is 0 Å². The molecular formula is C21H25F2NO6S. The molecule has 7 nitrogen and oxygen atoms in total. The Hall–Kier alpha value is -2.88. The van der Waals surface area contributed by atoms with E-state index in [1.807, 2.05) is 13.8 Å². The molecule has 2 aromatic rings. The number of carbonyl (C=O) groups is 1. The number of methoxy groups -OCH3 is 1. The largest absolute Gasteiger partial charge is 0.493 e. The summed E-state index contributed by atoms with van der Waals surface area (Å²) < 4.78 is 57.6. The molecule has 1 N–H and O–H groups in total. The summed E-state index contributed by atoms with van der Waals surface area (Å²) in [5.74, 6) is 0.415. The highest BCUT2D eigenvalue weighted by Crippen LogP contribution is 2.31. The Balaban J connectivity index is 1.98. The number of anilines is 1. The standard InChI is InChI=1S/C21H25F2NO6S/c1-4-28-16-9-7-15(11-19(16)29-5-2)24-20(25)13-31(26)12-14-6-8-17(30-21(22)23)18(10-14)27-3/h6-11,21H,4-5,12-13H2,1-3H3,(H,24,25)/t31-/m1/s1. The Kier molecular flexibility index (Phi) is 9.51. The highest BCUT2D eigenvalue weighted by atomic mass is 32.2. The van der Waals surface area contributed by atoms with Gasteiger partial charge in [-0.15, -0.1) is 0 Å². The van der Waals surface area contributed by atoms with E-state index in [0.29, 0.717) is 36.0 Å². The lowest BCUT2D eigenvalue weighted by molar-refractivity contribution is -0.113. The predicted octanol–water partition coefficient (Wildman–Crippen LogP) is 3.98. The number of amides is 1. The summed E-state index contributed by atoms with van der Waals surface area (Å²) in [7, 11) is -0.216. The lowest BCUT2D eigenvalue weighted by Crippen LogP contribution is -2.20. The molecule has 10 heteroatoms. The van der Waals surface area contributed by atoms with Crippen LogP contribution in [0.3, 0.4) is 0 Å². The first-order valence-corrected chi connectivity index (χ1v) is 11.0. The van der Waals surface area contributed by atoms with Crippen LogP contribution < -0.4 is 24.3 Å². The van der Waals surface area contributed by atoms with Crippen molar-refractivity contribution >= 4 is 22.4 Å². The second-order valence-electron chi connectivity index (χ2n) is 6.17. The van der Waals surface area contributed by atoms with Gasteiger partial charge in [-0.1, -0.05) is 6.07 Å². The van der Waals surface area contributed by atoms with Crippen LogP contribution in [0.4, 0.5) is 14.5 Å². The zero-order valence-corrected chi connectivity index (χ0v) is 18.3. The number of benzene rings is 2. The SMILES string of the molecule is CCOc1ccc(NC(=O)C[S@](=O)Cc2ccc(OC(F)F)c(OC)c2)cc1OCC. The summed E-state index contributed by atoms with van der Waals surface area (Å²) in [5.41, 5.74) is 1.05. The topological polar surface area (TPSA) is 83.1 Å². The number of alkyl halides is 2. The van der Waals surface area contributed by atoms with E-state index in [1.165, 1.54) is 25.3 Å². The molecule has 0 fully saturated rings. The van der Waals surface area contributed by atoms with E-state index in [9.17, 15) is 17.8 Å². The summed E-state index contributed by atoms with van der Waals surface area (Å²) in [6.07, 6.45) is 0. The molecule has 0 saturated heterocycles. The molecule has 0 aromatic heterocycles. The van der Waals surface area contributed by atoms with Crippen molar-refractivity contribution in [3.05, 3.63) is 42.0 Å². The molecule has 0 spiro atoms. The lowest BCUT2D eigenvalue weighted by atomic mass is 10.2. The minimum atomic E-state index is -2.98. The average molecular weight is 457 g/mol. The molecule has 0 aliphatic rings. The fraction of sp³-hybridized carbons (Fsp3) is 0.381. The molecule has 0 aliphatic carbocycles. The molecule has 0 aliphatic heterocycles. The van der Waals surface area contributed by atoms with E-state index in [2.05, 4.69) is 10.1 Å². The molecule has 2 rings (SSSR count). The van der Waals surface area contributed by atoms with Gasteiger partial charge in [0.2, 0.25) is 5.91 Å². The molecule has 2 aromatic carbocycles. The van der Waals surface area contributed by atoms with E-state index >= 15 is 0 Å². The van der Waals surface area contributed by atoms with Crippen LogP contribution >= 0.6 is 0 Å². The quantitative estimate of drug-likeness (QED) is 0.519. The number of rotatable bonds is 12. The van der Waals surface area contributed by atoms with Gasteiger partial charge >= 0.3 is 6.61 Å². The summed E-state index contributed by atoms with van der Waals surface area (Å²) in [5, 5.41) is 2.68. The van der Waals surface area contributed by atoms with Crippen molar-refractivity contribution in [2.45, 2.75) is 26.2 Å². The van der Waals surface area contributed by atoms with E-state index in [1.54, 1.807) is 18.2 Å². The molecular weight excluding hydrogens is 432 g/mol. The number of nitrogens with one attached hydrogen (secondary N) is 1. The van der Waals surface area contributed by atoms with Crippen LogP contribution in [-0.2, 0) is 21.3 Å². The Morgan fingerprint density at radius 3 is 2.32 bits per heavy atom. The molecule has 1 amide bonds. The molecule has 0 bridgehead atoms. The van der Waals surface area contributed by atoms with Gasteiger partial charge in [-0.2, -0.15) is 8.78 Å². The van der Waals surface area contributed by atoms with Crippen LogP contribution in [-0.4, -0.2) is 42.8 Å². The zero-order valence-electron chi connectivity index (χ0n) is 17.5. The van der Waals surface area contributed by atoms with Crippen LogP contribution in [0.5, 0.6) is 23.0 Å². The van der Waals surface area contributed by atoms with E-state index in [-0.39, 0.29) is 23.0 Å². The van der Waals surface area contributed by atoms with Crippen molar-refractivity contribution in [2.24, 2.45) is 0 Å². The first-order valence-electron chi connectivity index (χ1n) is 9.52. The van der Waals surface area contributed by atoms with Crippen molar-refractivity contribution in [1.82, 2.24) is 0 Å². The Morgan fingerprint density at radius 2 is 1.68 bits per heavy atom. The second-order valence-corrected chi connectivity index (χ2v) is 7.62. The minimum Gasteiger partial charge on any atom is -0.493 e. The maximum Gasteiger partial charge on any atom is 0.387 e. The number of ether oxygens (including phenoxy) is 4. The smallest absolute Gasteiger partial charge is 0.387 e. The average Bonchev–Trinajstić information content (AvgIpc) is 2.70. The van der Waals surface area contributed by atoms with Gasteiger partial charge in [-0.3, -0.25) is 9.00 Å². The van der Waals surface area contributed by atoms with Crippen LogP contribution in [0.2, 0.25) is 0 Å². The van der Waals surface area contributed by atoms with Crippen molar-refractivity contribution in [3.63, 3.8) is 0 Å². The molecule has 0 radical (unpaired) electrons. The van der Waals surface area contributed by atoms with Gasteiger partial charge in [0, 0.05) is 28.3 Å². The number of hydrogen-bond acceptors (Lipinski definition) is 6. The third-order valence-electron chi connectivity index (χ3n) is 3.89. The fourth-order valence-electron chi connectivity index (χ4n) is 2.70. The Bertz CT molecular complexity index is 909. The molecule has 0 unspecified atom stereocenters. The summed E-state index contributed by atoms with van der Waals surface area (Å²) in [6.45, 7) is 1.63. The summed E-state index contributed by atoms with van der Waals surface area (Å²) in [4.78, 5) is 12.3. The second kappa shape index (κ2) is 12.1. The van der Waals surface area contributed by atoms with Crippen LogP contribution in [0, 0.1) is 0 Å².